The van der Waals surface area contributed by atoms with E-state index < -0.39 is 17.6 Å². The van der Waals surface area contributed by atoms with Crippen LogP contribution in [0.4, 0.5) is 14.5 Å². The fraction of sp³-hybridized carbons (Fsp3) is 0.333. The number of hydrogen-bond donors (Lipinski definition) is 1. The van der Waals surface area contributed by atoms with Gasteiger partial charge in [0.15, 0.2) is 0 Å². The van der Waals surface area contributed by atoms with Crippen LogP contribution in [-0.2, 0) is 9.59 Å². The van der Waals surface area contributed by atoms with Crippen LogP contribution >= 0.6 is 0 Å². The van der Waals surface area contributed by atoms with Gasteiger partial charge in [-0.3, -0.25) is 9.59 Å². The number of carbonyl (C=O) groups is 2. The van der Waals surface area contributed by atoms with E-state index in [-0.39, 0.29) is 24.0 Å². The Morgan fingerprint density at radius 1 is 0.968 bits per heavy atom. The quantitative estimate of drug-likeness (QED) is 0.642. The molecule has 2 amide bonds. The van der Waals surface area contributed by atoms with E-state index in [0.717, 1.165) is 36.6 Å². The van der Waals surface area contributed by atoms with Crippen LogP contribution in [0.2, 0.25) is 0 Å². The van der Waals surface area contributed by atoms with Gasteiger partial charge in [-0.15, -0.1) is 0 Å². The summed E-state index contributed by atoms with van der Waals surface area (Å²) in [5.41, 5.74) is 2.55. The first kappa shape index (κ1) is 19.7. The lowest BCUT2D eigenvalue weighted by atomic mass is 9.88. The van der Waals surface area contributed by atoms with Crippen LogP contribution in [0.5, 0.6) is 0 Å². The Bertz CT molecular complexity index is 1130. The van der Waals surface area contributed by atoms with Crippen LogP contribution in [-0.4, -0.2) is 41.3 Å². The number of carbonyl (C=O) groups excluding carboxylic acids is 2. The minimum absolute atomic E-state index is 0.163. The van der Waals surface area contributed by atoms with Gasteiger partial charge in [-0.1, -0.05) is 18.2 Å². The van der Waals surface area contributed by atoms with E-state index in [0.29, 0.717) is 25.4 Å². The molecule has 3 aromatic rings. The predicted molar refractivity (Wildman–Crippen MR) is 114 cm³/mol. The Hall–Kier alpha value is -3.22. The number of anilines is 1. The molecule has 5 nitrogen and oxygen atoms in total. The number of benzene rings is 2. The number of aromatic amines is 1. The van der Waals surface area contributed by atoms with Gasteiger partial charge in [0, 0.05) is 48.5 Å². The lowest BCUT2D eigenvalue weighted by Crippen LogP contribution is -2.43. The molecule has 2 aliphatic rings. The van der Waals surface area contributed by atoms with E-state index in [4.69, 9.17) is 0 Å². The molecular formula is C24H23F2N3O2. The molecule has 5 rings (SSSR count). The normalized spacial score (nSPS) is 20.1. The summed E-state index contributed by atoms with van der Waals surface area (Å²) >= 11 is 0. The van der Waals surface area contributed by atoms with Crippen molar-refractivity contribution in [1.82, 2.24) is 9.88 Å². The molecule has 0 saturated carbocycles. The van der Waals surface area contributed by atoms with Crippen molar-refractivity contribution in [1.29, 1.82) is 0 Å². The van der Waals surface area contributed by atoms with Crippen molar-refractivity contribution in [2.75, 3.05) is 24.5 Å². The molecule has 1 unspecified atom stereocenters. The van der Waals surface area contributed by atoms with Crippen LogP contribution in [0.3, 0.4) is 0 Å². The summed E-state index contributed by atoms with van der Waals surface area (Å²) < 4.78 is 27.1. The highest BCUT2D eigenvalue weighted by Gasteiger charge is 2.40. The molecule has 0 bridgehead atoms. The molecule has 2 saturated heterocycles. The van der Waals surface area contributed by atoms with E-state index in [1.807, 2.05) is 12.1 Å². The van der Waals surface area contributed by atoms with Crippen LogP contribution in [0, 0.1) is 17.6 Å². The second kappa shape index (κ2) is 7.80. The van der Waals surface area contributed by atoms with E-state index in [2.05, 4.69) is 23.3 Å². The van der Waals surface area contributed by atoms with E-state index in [1.54, 1.807) is 4.90 Å². The van der Waals surface area contributed by atoms with Crippen LogP contribution in [0.25, 0.3) is 10.9 Å². The number of halogens is 2. The number of likely N-dealkylation sites (tertiary alicyclic amines) is 1. The molecule has 2 aliphatic heterocycles. The third-order valence-corrected chi connectivity index (χ3v) is 6.53. The smallest absolute Gasteiger partial charge is 0.239 e. The first-order chi connectivity index (χ1) is 15.0. The zero-order chi connectivity index (χ0) is 21.5. The van der Waals surface area contributed by atoms with Gasteiger partial charge in [-0.25, -0.2) is 8.78 Å². The van der Waals surface area contributed by atoms with Crippen molar-refractivity contribution >= 4 is 28.4 Å². The molecule has 31 heavy (non-hydrogen) atoms. The van der Waals surface area contributed by atoms with Crippen molar-refractivity contribution in [2.45, 2.75) is 25.2 Å². The van der Waals surface area contributed by atoms with Gasteiger partial charge in [0.1, 0.15) is 17.6 Å². The summed E-state index contributed by atoms with van der Waals surface area (Å²) in [6, 6.07) is 11.2. The Labute approximate surface area is 178 Å². The second-order valence-corrected chi connectivity index (χ2v) is 8.35. The lowest BCUT2D eigenvalue weighted by molar-refractivity contribution is -0.140. The zero-order valence-electron chi connectivity index (χ0n) is 17.0. The molecule has 1 atom stereocenters. The molecule has 0 aliphatic carbocycles. The number of para-hydroxylation sites is 1. The molecule has 3 heterocycles. The minimum Gasteiger partial charge on any atom is -0.361 e. The summed E-state index contributed by atoms with van der Waals surface area (Å²) in [4.78, 5) is 32.3. The molecule has 1 aromatic heterocycles. The maximum absolute atomic E-state index is 13.6. The largest absolute Gasteiger partial charge is 0.361 e. The number of nitrogens with zero attached hydrogens (tertiary/aromatic N) is 2. The van der Waals surface area contributed by atoms with E-state index in [9.17, 15) is 18.4 Å². The van der Waals surface area contributed by atoms with Gasteiger partial charge < -0.3 is 14.8 Å². The fourth-order valence-corrected chi connectivity index (χ4v) is 4.92. The summed E-state index contributed by atoms with van der Waals surface area (Å²) in [5.74, 6) is -2.45. The van der Waals surface area contributed by atoms with Crippen LogP contribution in [0.15, 0.2) is 48.7 Å². The number of hydrogen-bond acceptors (Lipinski definition) is 2. The molecule has 1 N–H and O–H groups in total. The summed E-state index contributed by atoms with van der Waals surface area (Å²) in [6.45, 7) is 1.48. The minimum atomic E-state index is -0.782. The topological polar surface area (TPSA) is 56.4 Å². The Kier molecular flexibility index (Phi) is 4.96. The fourth-order valence-electron chi connectivity index (χ4n) is 4.92. The molecule has 0 radical (unpaired) electrons. The first-order valence-electron chi connectivity index (χ1n) is 10.6. The van der Waals surface area contributed by atoms with Crippen molar-refractivity contribution < 1.29 is 18.4 Å². The number of amides is 2. The number of H-pyrrole nitrogens is 1. The van der Waals surface area contributed by atoms with Crippen molar-refractivity contribution in [3.63, 3.8) is 0 Å². The number of rotatable bonds is 3. The van der Waals surface area contributed by atoms with Gasteiger partial charge in [0.2, 0.25) is 11.8 Å². The molecular weight excluding hydrogens is 400 g/mol. The lowest BCUT2D eigenvalue weighted by Gasteiger charge is -2.33. The standard InChI is InChI=1S/C24H23F2N3O2/c25-16-11-17(26)13-18(12-16)29-10-7-20(24(29)31)23(30)28-8-5-15(6-9-28)21-14-27-22-4-2-1-3-19(21)22/h1-4,11-15,20,27H,5-10H2. The molecule has 0 spiro atoms. The Balaban J connectivity index is 1.25. The second-order valence-electron chi connectivity index (χ2n) is 8.35. The number of piperidine rings is 1. The number of aromatic nitrogens is 1. The molecule has 2 fully saturated rings. The van der Waals surface area contributed by atoms with Gasteiger partial charge in [-0.05, 0) is 48.9 Å². The van der Waals surface area contributed by atoms with E-state index >= 15 is 0 Å². The van der Waals surface area contributed by atoms with Crippen LogP contribution < -0.4 is 4.90 Å². The highest BCUT2D eigenvalue weighted by atomic mass is 19.1. The number of fused-ring (bicyclic) bond motifs is 1. The third-order valence-electron chi connectivity index (χ3n) is 6.53. The maximum Gasteiger partial charge on any atom is 0.239 e. The monoisotopic (exact) mass is 423 g/mol. The summed E-state index contributed by atoms with van der Waals surface area (Å²) in [6.07, 6.45) is 4.10. The molecule has 7 heteroatoms. The van der Waals surface area contributed by atoms with Gasteiger partial charge in [0.25, 0.3) is 0 Å². The highest BCUT2D eigenvalue weighted by molar-refractivity contribution is 6.09. The Morgan fingerprint density at radius 2 is 1.68 bits per heavy atom. The van der Waals surface area contributed by atoms with Crippen molar-refractivity contribution in [2.24, 2.45) is 5.92 Å². The zero-order valence-corrected chi connectivity index (χ0v) is 17.0. The maximum atomic E-state index is 13.6. The molecule has 2 aromatic carbocycles. The molecule has 160 valence electrons. The average Bonchev–Trinajstić information content (AvgIpc) is 3.36. The number of nitrogens with one attached hydrogen (secondary N) is 1. The Morgan fingerprint density at radius 3 is 2.42 bits per heavy atom. The van der Waals surface area contributed by atoms with Crippen molar-refractivity contribution in [3.8, 4) is 0 Å². The van der Waals surface area contributed by atoms with Gasteiger partial charge in [0.05, 0.1) is 0 Å². The SMILES string of the molecule is O=C(C1CCN(c2cc(F)cc(F)c2)C1=O)N1CCC(c2c[nH]c3ccccc23)CC1. The predicted octanol–water partition coefficient (Wildman–Crippen LogP) is 4.21. The first-order valence-corrected chi connectivity index (χ1v) is 10.6. The third kappa shape index (κ3) is 3.58. The average molecular weight is 423 g/mol. The summed E-state index contributed by atoms with van der Waals surface area (Å²) in [7, 11) is 0. The van der Waals surface area contributed by atoms with Crippen molar-refractivity contribution in [3.05, 3.63) is 65.9 Å². The summed E-state index contributed by atoms with van der Waals surface area (Å²) in [5, 5.41) is 1.22. The van der Waals surface area contributed by atoms with Crippen LogP contribution in [0.1, 0.15) is 30.7 Å². The van der Waals surface area contributed by atoms with Gasteiger partial charge >= 0.3 is 0 Å². The highest BCUT2D eigenvalue weighted by Crippen LogP contribution is 2.34. The van der Waals surface area contributed by atoms with Gasteiger partial charge in [-0.2, -0.15) is 0 Å². The van der Waals surface area contributed by atoms with E-state index in [1.165, 1.54) is 15.8 Å².